The summed E-state index contributed by atoms with van der Waals surface area (Å²) in [6, 6.07) is 6.25. The lowest BCUT2D eigenvalue weighted by Crippen LogP contribution is -2.30. The Morgan fingerprint density at radius 1 is 1.23 bits per heavy atom. The van der Waals surface area contributed by atoms with Crippen LogP contribution in [0.4, 0.5) is 11.4 Å². The fraction of sp³-hybridized carbons (Fsp3) is 0.500. The van der Waals surface area contributed by atoms with Crippen molar-refractivity contribution in [1.29, 1.82) is 0 Å². The molecule has 0 radical (unpaired) electrons. The number of aromatic nitrogens is 3. The van der Waals surface area contributed by atoms with Gasteiger partial charge in [-0.25, -0.2) is 4.68 Å². The van der Waals surface area contributed by atoms with Crippen molar-refractivity contribution in [2.75, 3.05) is 23.7 Å². The first-order chi connectivity index (χ1) is 12.6. The van der Waals surface area contributed by atoms with E-state index in [2.05, 4.69) is 26.3 Å². The van der Waals surface area contributed by atoms with Crippen molar-refractivity contribution in [1.82, 2.24) is 20.3 Å². The Morgan fingerprint density at radius 3 is 2.73 bits per heavy atom. The van der Waals surface area contributed by atoms with Gasteiger partial charge in [-0.15, -0.1) is 5.10 Å². The van der Waals surface area contributed by atoms with Crippen LogP contribution in [-0.4, -0.2) is 40.0 Å². The van der Waals surface area contributed by atoms with Gasteiger partial charge in [0.2, 0.25) is 0 Å². The molecule has 0 atom stereocenters. The van der Waals surface area contributed by atoms with Crippen molar-refractivity contribution in [2.45, 2.75) is 44.7 Å². The highest BCUT2D eigenvalue weighted by molar-refractivity contribution is 6.31. The van der Waals surface area contributed by atoms with Gasteiger partial charge in [0.15, 0.2) is 5.69 Å². The lowest BCUT2D eigenvalue weighted by Gasteiger charge is -2.23. The van der Waals surface area contributed by atoms with E-state index in [0.717, 1.165) is 50.2 Å². The molecule has 1 aliphatic carbocycles. The number of hydrogen-bond donors (Lipinski definition) is 3. The Balaban J connectivity index is 1.53. The highest BCUT2D eigenvalue weighted by Gasteiger charge is 2.25. The van der Waals surface area contributed by atoms with Gasteiger partial charge in [0.05, 0.1) is 23.1 Å². The summed E-state index contributed by atoms with van der Waals surface area (Å²) in [7, 11) is 0. The van der Waals surface area contributed by atoms with Crippen molar-refractivity contribution in [3.8, 4) is 0 Å². The van der Waals surface area contributed by atoms with E-state index in [4.69, 9.17) is 11.6 Å². The van der Waals surface area contributed by atoms with Gasteiger partial charge >= 0.3 is 0 Å². The van der Waals surface area contributed by atoms with Gasteiger partial charge in [-0.3, -0.25) is 4.79 Å². The first kappa shape index (κ1) is 17.3. The average Bonchev–Trinajstić information content (AvgIpc) is 3.37. The fourth-order valence-electron chi connectivity index (χ4n) is 3.32. The van der Waals surface area contributed by atoms with Crippen molar-refractivity contribution in [3.05, 3.63) is 34.6 Å². The summed E-state index contributed by atoms with van der Waals surface area (Å²) in [4.78, 5) is 12.8. The molecule has 0 spiro atoms. The highest BCUT2D eigenvalue weighted by atomic mass is 35.5. The van der Waals surface area contributed by atoms with Crippen molar-refractivity contribution in [2.24, 2.45) is 0 Å². The van der Waals surface area contributed by atoms with E-state index < -0.39 is 0 Å². The average molecular weight is 375 g/mol. The van der Waals surface area contributed by atoms with E-state index in [1.807, 2.05) is 23.7 Å². The molecule has 2 aliphatic rings. The molecular formula is C18H23ClN6O. The summed E-state index contributed by atoms with van der Waals surface area (Å²) >= 11 is 6.12. The van der Waals surface area contributed by atoms with Crippen molar-refractivity contribution >= 4 is 28.9 Å². The van der Waals surface area contributed by atoms with Gasteiger partial charge in [0.25, 0.3) is 5.91 Å². The van der Waals surface area contributed by atoms with E-state index in [9.17, 15) is 4.79 Å². The molecule has 1 saturated heterocycles. The molecule has 138 valence electrons. The summed E-state index contributed by atoms with van der Waals surface area (Å²) in [5, 5.41) is 18.7. The molecule has 1 amide bonds. The summed E-state index contributed by atoms with van der Waals surface area (Å²) in [5.41, 5.74) is 2.72. The highest BCUT2D eigenvalue weighted by Crippen LogP contribution is 2.32. The number of benzene rings is 1. The standard InChI is InChI=1S/C18H23ClN6O/c1-11-17(23-24-25(11)14-6-8-20-9-7-14)18(26)22-16-10-12(19)2-5-15(16)21-13-3-4-13/h2,5,10,13-14,20-21H,3-4,6-9H2,1H3,(H,22,26). The number of rotatable bonds is 5. The van der Waals surface area contributed by atoms with Crippen LogP contribution in [0.15, 0.2) is 18.2 Å². The van der Waals surface area contributed by atoms with E-state index in [1.165, 1.54) is 0 Å². The summed E-state index contributed by atoms with van der Waals surface area (Å²) in [6.07, 6.45) is 4.30. The fourth-order valence-corrected chi connectivity index (χ4v) is 3.50. The Morgan fingerprint density at radius 2 is 2.00 bits per heavy atom. The molecule has 7 nitrogen and oxygen atoms in total. The van der Waals surface area contributed by atoms with Crippen LogP contribution in [0.3, 0.4) is 0 Å². The molecular weight excluding hydrogens is 352 g/mol. The number of nitrogens with zero attached hydrogens (tertiary/aromatic N) is 3. The van der Waals surface area contributed by atoms with E-state index >= 15 is 0 Å². The van der Waals surface area contributed by atoms with Crippen LogP contribution in [0.5, 0.6) is 0 Å². The molecule has 1 aliphatic heterocycles. The van der Waals surface area contributed by atoms with Crippen LogP contribution in [0.1, 0.15) is 47.9 Å². The molecule has 1 aromatic carbocycles. The second-order valence-electron chi connectivity index (χ2n) is 7.01. The van der Waals surface area contributed by atoms with Crippen LogP contribution in [0.25, 0.3) is 0 Å². The number of carbonyl (C=O) groups is 1. The SMILES string of the molecule is Cc1c(C(=O)Nc2cc(Cl)ccc2NC2CC2)nnn1C1CCNCC1. The summed E-state index contributed by atoms with van der Waals surface area (Å²) in [6.45, 7) is 3.83. The van der Waals surface area contributed by atoms with Gasteiger partial charge < -0.3 is 16.0 Å². The van der Waals surface area contributed by atoms with Crippen LogP contribution < -0.4 is 16.0 Å². The predicted molar refractivity (Wildman–Crippen MR) is 102 cm³/mol. The number of piperidine rings is 1. The van der Waals surface area contributed by atoms with Gasteiger partial charge in [0.1, 0.15) is 0 Å². The molecule has 4 rings (SSSR count). The van der Waals surface area contributed by atoms with Crippen LogP contribution in [0, 0.1) is 6.92 Å². The first-order valence-electron chi connectivity index (χ1n) is 9.12. The zero-order chi connectivity index (χ0) is 18.1. The second-order valence-corrected chi connectivity index (χ2v) is 7.45. The van der Waals surface area contributed by atoms with E-state index in [0.29, 0.717) is 28.5 Å². The zero-order valence-corrected chi connectivity index (χ0v) is 15.5. The molecule has 8 heteroatoms. The minimum Gasteiger partial charge on any atom is -0.381 e. The number of anilines is 2. The Kier molecular flexibility index (Phi) is 4.82. The minimum atomic E-state index is -0.260. The van der Waals surface area contributed by atoms with Gasteiger partial charge in [-0.05, 0) is 63.9 Å². The number of carbonyl (C=O) groups excluding carboxylic acids is 1. The molecule has 0 bridgehead atoms. The quantitative estimate of drug-likeness (QED) is 0.749. The molecule has 1 aromatic heterocycles. The third-order valence-electron chi connectivity index (χ3n) is 4.96. The van der Waals surface area contributed by atoms with Crippen molar-refractivity contribution in [3.63, 3.8) is 0 Å². The van der Waals surface area contributed by atoms with Gasteiger partial charge in [-0.1, -0.05) is 16.8 Å². The zero-order valence-electron chi connectivity index (χ0n) is 14.8. The monoisotopic (exact) mass is 374 g/mol. The summed E-state index contributed by atoms with van der Waals surface area (Å²) in [5.74, 6) is -0.260. The normalized spacial score (nSPS) is 17.9. The lowest BCUT2D eigenvalue weighted by molar-refractivity contribution is 0.102. The van der Waals surface area contributed by atoms with Crippen LogP contribution in [-0.2, 0) is 0 Å². The number of hydrogen-bond acceptors (Lipinski definition) is 5. The first-order valence-corrected chi connectivity index (χ1v) is 9.49. The molecule has 26 heavy (non-hydrogen) atoms. The maximum absolute atomic E-state index is 12.8. The molecule has 0 unspecified atom stereocenters. The third kappa shape index (κ3) is 3.68. The Hall–Kier alpha value is -2.12. The Bertz CT molecular complexity index is 810. The predicted octanol–water partition coefficient (Wildman–Crippen LogP) is 2.99. The molecule has 1 saturated carbocycles. The maximum Gasteiger partial charge on any atom is 0.278 e. The largest absolute Gasteiger partial charge is 0.381 e. The molecule has 3 N–H and O–H groups in total. The van der Waals surface area contributed by atoms with E-state index in [1.54, 1.807) is 6.07 Å². The molecule has 2 heterocycles. The van der Waals surface area contributed by atoms with Gasteiger partial charge in [0, 0.05) is 11.1 Å². The molecule has 2 fully saturated rings. The number of halogens is 1. The van der Waals surface area contributed by atoms with Gasteiger partial charge in [-0.2, -0.15) is 0 Å². The topological polar surface area (TPSA) is 83.9 Å². The van der Waals surface area contributed by atoms with Crippen molar-refractivity contribution < 1.29 is 4.79 Å². The van der Waals surface area contributed by atoms with Crippen LogP contribution >= 0.6 is 11.6 Å². The second kappa shape index (κ2) is 7.25. The van der Waals surface area contributed by atoms with Crippen LogP contribution in [0.2, 0.25) is 5.02 Å². The molecule has 2 aromatic rings. The number of nitrogens with one attached hydrogen (secondary N) is 3. The Labute approximate surface area is 157 Å². The van der Waals surface area contributed by atoms with E-state index in [-0.39, 0.29) is 5.91 Å². The minimum absolute atomic E-state index is 0.260. The number of amides is 1. The third-order valence-corrected chi connectivity index (χ3v) is 5.20. The summed E-state index contributed by atoms with van der Waals surface area (Å²) < 4.78 is 1.89. The maximum atomic E-state index is 12.8. The smallest absolute Gasteiger partial charge is 0.278 e. The lowest BCUT2D eigenvalue weighted by atomic mass is 10.1.